The Hall–Kier alpha value is -4.43. The van der Waals surface area contributed by atoms with Gasteiger partial charge in [0.15, 0.2) is 11.5 Å². The van der Waals surface area contributed by atoms with E-state index in [1.165, 1.54) is 37.8 Å². The lowest BCUT2D eigenvalue weighted by Gasteiger charge is -2.35. The standard InChI is InChI=1S/C37H26NOPS/c41-40(29-14-3-1-4-15-29,30-16-5-2-6-17-30)31-23-21-28(22-24-31)38-33-19-7-8-20-35(33)39-37-32-18-10-12-26-11-9-13-27(36(26)32)25-34(37)38/h1-17,19-25H,18H2. The molecule has 1 heterocycles. The fourth-order valence-corrected chi connectivity index (χ4v) is 9.98. The van der Waals surface area contributed by atoms with Gasteiger partial charge in [-0.1, -0.05) is 127 Å². The molecule has 1 aliphatic heterocycles. The molecule has 0 bridgehead atoms. The zero-order valence-electron chi connectivity index (χ0n) is 22.3. The minimum Gasteiger partial charge on any atom is -0.453 e. The van der Waals surface area contributed by atoms with Crippen LogP contribution < -0.4 is 25.6 Å². The highest BCUT2D eigenvalue weighted by Crippen LogP contribution is 2.54. The first kappa shape index (κ1) is 24.4. The highest BCUT2D eigenvalue weighted by atomic mass is 32.4. The molecule has 0 N–H and O–H groups in total. The van der Waals surface area contributed by atoms with Crippen molar-refractivity contribution in [2.45, 2.75) is 6.42 Å². The minimum atomic E-state index is -2.23. The molecular formula is C37H26NOPS. The van der Waals surface area contributed by atoms with Gasteiger partial charge in [-0.2, -0.15) is 0 Å². The Labute approximate surface area is 245 Å². The Morgan fingerprint density at radius 1 is 0.634 bits per heavy atom. The van der Waals surface area contributed by atoms with E-state index in [9.17, 15) is 0 Å². The number of nitrogens with zero attached hydrogens (tertiary/aromatic N) is 1. The van der Waals surface area contributed by atoms with E-state index in [0.29, 0.717) is 0 Å². The average molecular weight is 564 g/mol. The molecule has 6 aromatic rings. The summed E-state index contributed by atoms with van der Waals surface area (Å²) < 4.78 is 6.66. The van der Waals surface area contributed by atoms with Crippen molar-refractivity contribution in [2.24, 2.45) is 0 Å². The summed E-state index contributed by atoms with van der Waals surface area (Å²) in [5, 5.41) is 6.10. The number of fused-ring (bicyclic) bond motifs is 3. The molecule has 0 saturated carbocycles. The highest BCUT2D eigenvalue weighted by molar-refractivity contribution is 8.25. The van der Waals surface area contributed by atoms with E-state index in [0.717, 1.165) is 35.0 Å². The Morgan fingerprint density at radius 2 is 1.29 bits per heavy atom. The largest absolute Gasteiger partial charge is 0.453 e. The van der Waals surface area contributed by atoms with Crippen LogP contribution in [0, 0.1) is 0 Å². The Bertz CT molecular complexity index is 1970. The minimum absolute atomic E-state index is 0.850. The normalized spacial score (nSPS) is 13.4. The van der Waals surface area contributed by atoms with Gasteiger partial charge in [-0.05, 0) is 69.0 Å². The number of ether oxygens (including phenoxy) is 1. The van der Waals surface area contributed by atoms with E-state index in [4.69, 9.17) is 16.5 Å². The fourth-order valence-electron chi connectivity index (χ4n) is 6.24. The quantitative estimate of drug-likeness (QED) is 0.199. The molecule has 0 amide bonds. The number of hydrogen-bond acceptors (Lipinski definition) is 3. The molecule has 2 nitrogen and oxygen atoms in total. The third-order valence-electron chi connectivity index (χ3n) is 8.12. The molecule has 6 aromatic carbocycles. The molecule has 0 unspecified atom stereocenters. The SMILES string of the molecule is S=P(c1ccccc1)(c1ccccc1)c1ccc(N2c3ccccc3Oc3c2cc2cccc4c2c3CC=C4)cc1. The molecule has 4 heteroatoms. The van der Waals surface area contributed by atoms with Crippen LogP contribution in [0.15, 0.2) is 140 Å². The van der Waals surface area contributed by atoms with Crippen LogP contribution >= 0.6 is 6.04 Å². The monoisotopic (exact) mass is 563 g/mol. The predicted molar refractivity (Wildman–Crippen MR) is 178 cm³/mol. The van der Waals surface area contributed by atoms with Crippen LogP contribution in [-0.2, 0) is 18.2 Å². The molecule has 0 atom stereocenters. The van der Waals surface area contributed by atoms with E-state index in [1.807, 2.05) is 6.07 Å². The number of anilines is 3. The number of benzene rings is 6. The van der Waals surface area contributed by atoms with Crippen LogP contribution in [0.3, 0.4) is 0 Å². The van der Waals surface area contributed by atoms with E-state index < -0.39 is 6.04 Å². The van der Waals surface area contributed by atoms with Gasteiger partial charge in [0.1, 0.15) is 0 Å². The maximum atomic E-state index is 6.66. The van der Waals surface area contributed by atoms with Gasteiger partial charge in [0.05, 0.1) is 11.4 Å². The van der Waals surface area contributed by atoms with E-state index in [1.54, 1.807) is 0 Å². The molecule has 41 heavy (non-hydrogen) atoms. The number of hydrogen-bond donors (Lipinski definition) is 0. The molecule has 0 fully saturated rings. The zero-order valence-corrected chi connectivity index (χ0v) is 24.0. The molecule has 1 aliphatic carbocycles. The van der Waals surface area contributed by atoms with Crippen LogP contribution in [-0.4, -0.2) is 0 Å². The number of para-hydroxylation sites is 2. The van der Waals surface area contributed by atoms with E-state index >= 15 is 0 Å². The van der Waals surface area contributed by atoms with Gasteiger partial charge >= 0.3 is 0 Å². The first-order chi connectivity index (χ1) is 20.2. The van der Waals surface area contributed by atoms with Crippen molar-refractivity contribution in [2.75, 3.05) is 4.90 Å². The number of allylic oxidation sites excluding steroid dienone is 1. The smallest absolute Gasteiger partial charge is 0.155 e. The molecule has 0 spiro atoms. The zero-order chi connectivity index (χ0) is 27.4. The van der Waals surface area contributed by atoms with Crippen LogP contribution in [0.25, 0.3) is 16.8 Å². The summed E-state index contributed by atoms with van der Waals surface area (Å²) >= 11 is 6.60. The third kappa shape index (κ3) is 3.81. The van der Waals surface area contributed by atoms with Gasteiger partial charge in [0.2, 0.25) is 0 Å². The second kappa shape index (κ2) is 9.59. The summed E-state index contributed by atoms with van der Waals surface area (Å²) in [4.78, 5) is 2.34. The fraction of sp³-hybridized carbons (Fsp3) is 0.0270. The molecule has 8 rings (SSSR count). The Kier molecular flexibility index (Phi) is 5.70. The predicted octanol–water partition coefficient (Wildman–Crippen LogP) is 8.74. The van der Waals surface area contributed by atoms with Crippen molar-refractivity contribution in [3.8, 4) is 11.5 Å². The average Bonchev–Trinajstić information content (AvgIpc) is 3.05. The van der Waals surface area contributed by atoms with Crippen LogP contribution in [0.1, 0.15) is 11.1 Å². The molecular weight excluding hydrogens is 537 g/mol. The van der Waals surface area contributed by atoms with Crippen molar-refractivity contribution in [3.63, 3.8) is 0 Å². The molecule has 0 saturated heterocycles. The maximum Gasteiger partial charge on any atom is 0.155 e. The van der Waals surface area contributed by atoms with Crippen molar-refractivity contribution in [1.82, 2.24) is 0 Å². The van der Waals surface area contributed by atoms with Crippen molar-refractivity contribution < 1.29 is 4.74 Å². The molecule has 0 aromatic heterocycles. The number of rotatable bonds is 4. The summed E-state index contributed by atoms with van der Waals surface area (Å²) in [6.45, 7) is 0. The topological polar surface area (TPSA) is 12.5 Å². The van der Waals surface area contributed by atoms with Crippen molar-refractivity contribution >= 4 is 67.7 Å². The van der Waals surface area contributed by atoms with E-state index in [-0.39, 0.29) is 0 Å². The first-order valence-corrected chi connectivity index (χ1v) is 16.7. The highest BCUT2D eigenvalue weighted by Gasteiger charge is 2.31. The lowest BCUT2D eigenvalue weighted by molar-refractivity contribution is 0.473. The molecule has 2 aliphatic rings. The summed E-state index contributed by atoms with van der Waals surface area (Å²) in [5.74, 6) is 1.81. The van der Waals surface area contributed by atoms with Gasteiger partial charge in [0, 0.05) is 17.3 Å². The van der Waals surface area contributed by atoms with Gasteiger partial charge in [-0.3, -0.25) is 0 Å². The third-order valence-corrected chi connectivity index (χ3v) is 13.1. The first-order valence-electron chi connectivity index (χ1n) is 13.9. The second-order valence-corrected chi connectivity index (χ2v) is 14.9. The maximum absolute atomic E-state index is 6.66. The lowest BCUT2D eigenvalue weighted by Crippen LogP contribution is -2.25. The summed E-state index contributed by atoms with van der Waals surface area (Å²) in [6.07, 6.45) is 5.31. The summed E-state index contributed by atoms with van der Waals surface area (Å²) in [5.41, 5.74) is 5.68. The second-order valence-electron chi connectivity index (χ2n) is 10.5. The van der Waals surface area contributed by atoms with Gasteiger partial charge in [-0.25, -0.2) is 0 Å². The molecule has 196 valence electrons. The van der Waals surface area contributed by atoms with Gasteiger partial charge in [-0.15, -0.1) is 0 Å². The van der Waals surface area contributed by atoms with E-state index in [2.05, 4.69) is 144 Å². The van der Waals surface area contributed by atoms with Crippen LogP contribution in [0.5, 0.6) is 11.5 Å². The Morgan fingerprint density at radius 3 is 2.02 bits per heavy atom. The lowest BCUT2D eigenvalue weighted by atomic mass is 9.90. The molecule has 0 radical (unpaired) electrons. The van der Waals surface area contributed by atoms with Gasteiger partial charge in [0.25, 0.3) is 0 Å². The summed E-state index contributed by atoms with van der Waals surface area (Å²) in [7, 11) is 0. The summed E-state index contributed by atoms with van der Waals surface area (Å²) in [6, 6.07) is 45.0. The van der Waals surface area contributed by atoms with Crippen molar-refractivity contribution in [3.05, 3.63) is 151 Å². The van der Waals surface area contributed by atoms with Crippen LogP contribution in [0.2, 0.25) is 0 Å². The van der Waals surface area contributed by atoms with Crippen molar-refractivity contribution in [1.29, 1.82) is 0 Å². The van der Waals surface area contributed by atoms with Crippen LogP contribution in [0.4, 0.5) is 17.1 Å². The Balaban J connectivity index is 1.31. The van der Waals surface area contributed by atoms with Gasteiger partial charge < -0.3 is 9.64 Å².